The summed E-state index contributed by atoms with van der Waals surface area (Å²) in [5, 5.41) is 0.961. The van der Waals surface area contributed by atoms with Gasteiger partial charge >= 0.3 is 0 Å². The number of carbonyl (C=O) groups excluding carboxylic acids is 1. The number of amides is 1. The van der Waals surface area contributed by atoms with Gasteiger partial charge in [-0.3, -0.25) is 4.79 Å². The summed E-state index contributed by atoms with van der Waals surface area (Å²) in [6.07, 6.45) is 0. The molecule has 0 radical (unpaired) electrons. The largest absolute Gasteiger partial charge is 0.335 e. The van der Waals surface area contributed by atoms with Crippen LogP contribution in [-0.4, -0.2) is 22.8 Å². The van der Waals surface area contributed by atoms with Crippen molar-refractivity contribution in [3.63, 3.8) is 0 Å². The predicted molar refractivity (Wildman–Crippen MR) is 91.3 cm³/mol. The molecule has 2 aromatic carbocycles. The van der Waals surface area contributed by atoms with Crippen molar-refractivity contribution in [2.45, 2.75) is 20.4 Å². The standard InChI is InChI=1S/C18H18N2OS/c1-12-7-6-8-14(13(12)2)18(21)20(3)11-17-19-15-9-4-5-10-16(15)22-17/h4-10H,11H2,1-3H3. The van der Waals surface area contributed by atoms with Crippen LogP contribution < -0.4 is 0 Å². The summed E-state index contributed by atoms with van der Waals surface area (Å²) in [5.41, 5.74) is 3.95. The zero-order chi connectivity index (χ0) is 15.7. The number of hydrogen-bond donors (Lipinski definition) is 0. The number of aryl methyl sites for hydroxylation is 1. The Kier molecular flexibility index (Phi) is 3.94. The van der Waals surface area contributed by atoms with E-state index in [1.807, 2.05) is 57.3 Å². The summed E-state index contributed by atoms with van der Waals surface area (Å²) < 4.78 is 1.16. The maximum atomic E-state index is 12.6. The molecule has 3 aromatic rings. The SMILES string of the molecule is Cc1cccc(C(=O)N(C)Cc2nc3ccccc3s2)c1C. The first-order chi connectivity index (χ1) is 10.6. The predicted octanol–water partition coefficient (Wildman–Crippen LogP) is 4.19. The summed E-state index contributed by atoms with van der Waals surface area (Å²) in [7, 11) is 1.83. The second kappa shape index (κ2) is 5.89. The molecule has 3 nitrogen and oxygen atoms in total. The summed E-state index contributed by atoms with van der Waals surface area (Å²) in [6.45, 7) is 4.55. The molecule has 0 aliphatic rings. The lowest BCUT2D eigenvalue weighted by atomic mass is 10.0. The van der Waals surface area contributed by atoms with Crippen LogP contribution in [0.4, 0.5) is 0 Å². The molecule has 112 valence electrons. The molecule has 0 saturated carbocycles. The van der Waals surface area contributed by atoms with Gasteiger partial charge in [-0.25, -0.2) is 4.98 Å². The molecular formula is C18H18N2OS. The lowest BCUT2D eigenvalue weighted by Crippen LogP contribution is -2.26. The molecule has 1 amide bonds. The molecule has 0 saturated heterocycles. The minimum Gasteiger partial charge on any atom is -0.335 e. The molecule has 1 heterocycles. The van der Waals surface area contributed by atoms with Crippen LogP contribution in [0, 0.1) is 13.8 Å². The van der Waals surface area contributed by atoms with Gasteiger partial charge in [-0.05, 0) is 43.2 Å². The Morgan fingerprint density at radius 3 is 2.68 bits per heavy atom. The topological polar surface area (TPSA) is 33.2 Å². The minimum atomic E-state index is 0.0421. The van der Waals surface area contributed by atoms with E-state index < -0.39 is 0 Å². The molecule has 0 bridgehead atoms. The summed E-state index contributed by atoms with van der Waals surface area (Å²) in [4.78, 5) is 19.0. The summed E-state index contributed by atoms with van der Waals surface area (Å²) >= 11 is 1.64. The first kappa shape index (κ1) is 14.7. The first-order valence-electron chi connectivity index (χ1n) is 7.22. The lowest BCUT2D eigenvalue weighted by molar-refractivity contribution is 0.0784. The lowest BCUT2D eigenvalue weighted by Gasteiger charge is -2.17. The highest BCUT2D eigenvalue weighted by atomic mass is 32.1. The van der Waals surface area contributed by atoms with Gasteiger partial charge in [0.1, 0.15) is 5.01 Å². The molecule has 0 aliphatic carbocycles. The van der Waals surface area contributed by atoms with Gasteiger partial charge in [-0.1, -0.05) is 24.3 Å². The number of fused-ring (bicyclic) bond motifs is 1. The maximum absolute atomic E-state index is 12.6. The van der Waals surface area contributed by atoms with Gasteiger partial charge in [-0.15, -0.1) is 11.3 Å². The zero-order valence-corrected chi connectivity index (χ0v) is 13.8. The van der Waals surface area contributed by atoms with E-state index in [-0.39, 0.29) is 5.91 Å². The smallest absolute Gasteiger partial charge is 0.254 e. The Balaban J connectivity index is 1.83. The van der Waals surface area contributed by atoms with Crippen LogP contribution >= 0.6 is 11.3 Å². The van der Waals surface area contributed by atoms with Gasteiger partial charge in [0.05, 0.1) is 16.8 Å². The minimum absolute atomic E-state index is 0.0421. The van der Waals surface area contributed by atoms with Crippen molar-refractivity contribution in [2.24, 2.45) is 0 Å². The molecule has 0 spiro atoms. The molecule has 3 rings (SSSR count). The summed E-state index contributed by atoms with van der Waals surface area (Å²) in [5.74, 6) is 0.0421. The third kappa shape index (κ3) is 2.74. The Hall–Kier alpha value is -2.20. The van der Waals surface area contributed by atoms with E-state index in [9.17, 15) is 4.79 Å². The molecule has 0 unspecified atom stereocenters. The van der Waals surface area contributed by atoms with E-state index in [1.54, 1.807) is 16.2 Å². The van der Waals surface area contributed by atoms with E-state index in [0.717, 1.165) is 31.9 Å². The third-order valence-electron chi connectivity index (χ3n) is 3.89. The van der Waals surface area contributed by atoms with Crippen molar-refractivity contribution in [3.05, 3.63) is 64.2 Å². The number of rotatable bonds is 3. The highest BCUT2D eigenvalue weighted by Gasteiger charge is 2.16. The molecule has 1 aromatic heterocycles. The number of benzene rings is 2. The van der Waals surface area contributed by atoms with Crippen molar-refractivity contribution < 1.29 is 4.79 Å². The number of hydrogen-bond acceptors (Lipinski definition) is 3. The average Bonchev–Trinajstić information content (AvgIpc) is 2.91. The summed E-state index contributed by atoms with van der Waals surface area (Å²) in [6, 6.07) is 13.9. The molecule has 0 atom stereocenters. The number of nitrogens with zero attached hydrogens (tertiary/aromatic N) is 2. The molecule has 22 heavy (non-hydrogen) atoms. The fraction of sp³-hybridized carbons (Fsp3) is 0.222. The maximum Gasteiger partial charge on any atom is 0.254 e. The molecule has 0 fully saturated rings. The van der Waals surface area contributed by atoms with Crippen LogP contribution in [0.1, 0.15) is 26.5 Å². The molecule has 0 aliphatic heterocycles. The quantitative estimate of drug-likeness (QED) is 0.727. The second-order valence-corrected chi connectivity index (χ2v) is 6.60. The Morgan fingerprint density at radius 2 is 1.91 bits per heavy atom. The van der Waals surface area contributed by atoms with Crippen LogP contribution in [0.15, 0.2) is 42.5 Å². The number of aromatic nitrogens is 1. The Labute approximate surface area is 134 Å². The number of para-hydroxylation sites is 1. The van der Waals surface area contributed by atoms with Crippen LogP contribution in [-0.2, 0) is 6.54 Å². The van der Waals surface area contributed by atoms with E-state index in [2.05, 4.69) is 11.1 Å². The van der Waals surface area contributed by atoms with Gasteiger partial charge in [0.2, 0.25) is 0 Å². The van der Waals surface area contributed by atoms with Crippen molar-refractivity contribution in [1.82, 2.24) is 9.88 Å². The van der Waals surface area contributed by atoms with Crippen molar-refractivity contribution in [1.29, 1.82) is 0 Å². The van der Waals surface area contributed by atoms with Gasteiger partial charge in [0, 0.05) is 12.6 Å². The Bertz CT molecular complexity index is 805. The highest BCUT2D eigenvalue weighted by molar-refractivity contribution is 7.18. The van der Waals surface area contributed by atoms with Crippen LogP contribution in [0.25, 0.3) is 10.2 Å². The zero-order valence-electron chi connectivity index (χ0n) is 13.0. The monoisotopic (exact) mass is 310 g/mol. The van der Waals surface area contributed by atoms with Crippen LogP contribution in [0.5, 0.6) is 0 Å². The van der Waals surface area contributed by atoms with Gasteiger partial charge in [-0.2, -0.15) is 0 Å². The fourth-order valence-electron chi connectivity index (χ4n) is 2.45. The van der Waals surface area contributed by atoms with Gasteiger partial charge in [0.15, 0.2) is 0 Å². The third-order valence-corrected chi connectivity index (χ3v) is 4.91. The Morgan fingerprint density at radius 1 is 1.14 bits per heavy atom. The van der Waals surface area contributed by atoms with Gasteiger partial charge in [0.25, 0.3) is 5.91 Å². The number of carbonyl (C=O) groups is 1. The normalized spacial score (nSPS) is 10.9. The fourth-order valence-corrected chi connectivity index (χ4v) is 3.47. The van der Waals surface area contributed by atoms with Gasteiger partial charge < -0.3 is 4.90 Å². The number of thiazole rings is 1. The average molecular weight is 310 g/mol. The van der Waals surface area contributed by atoms with E-state index in [0.29, 0.717) is 6.54 Å². The molecular weight excluding hydrogens is 292 g/mol. The molecule has 0 N–H and O–H groups in total. The van der Waals surface area contributed by atoms with Crippen LogP contribution in [0.3, 0.4) is 0 Å². The van der Waals surface area contributed by atoms with Crippen molar-refractivity contribution in [2.75, 3.05) is 7.05 Å². The van der Waals surface area contributed by atoms with Crippen molar-refractivity contribution in [3.8, 4) is 0 Å². The van der Waals surface area contributed by atoms with E-state index in [1.165, 1.54) is 0 Å². The van der Waals surface area contributed by atoms with Crippen molar-refractivity contribution >= 4 is 27.5 Å². The first-order valence-corrected chi connectivity index (χ1v) is 8.04. The van der Waals surface area contributed by atoms with Crippen LogP contribution in [0.2, 0.25) is 0 Å². The van der Waals surface area contributed by atoms with E-state index in [4.69, 9.17) is 0 Å². The second-order valence-electron chi connectivity index (χ2n) is 5.48. The molecule has 4 heteroatoms. The highest BCUT2D eigenvalue weighted by Crippen LogP contribution is 2.23. The van der Waals surface area contributed by atoms with E-state index >= 15 is 0 Å².